The molecule has 134 valence electrons. The molecule has 0 aliphatic heterocycles. The lowest BCUT2D eigenvalue weighted by Crippen LogP contribution is -2.38. The molecule has 25 heavy (non-hydrogen) atoms. The standard InChI is InChI=1S/C18H22ClN3O3/c1-4-25-17(23)11-21-18(24)20-10-14-8-12(2)22(13(14)3)16-7-5-6-15(19)9-16/h5-9H,4,10-11H2,1-3H3,(H2,20,21,24). The Morgan fingerprint density at radius 1 is 1.20 bits per heavy atom. The number of carbonyl (C=O) groups excluding carboxylic acids is 2. The Balaban J connectivity index is 2.01. The largest absolute Gasteiger partial charge is 0.465 e. The SMILES string of the molecule is CCOC(=O)CNC(=O)NCc1cc(C)n(-c2cccc(Cl)c2)c1C. The molecule has 2 N–H and O–H groups in total. The van der Waals surface area contributed by atoms with E-state index in [0.29, 0.717) is 11.6 Å². The number of ether oxygens (including phenoxy) is 1. The van der Waals surface area contributed by atoms with Gasteiger partial charge in [-0.05, 0) is 50.6 Å². The summed E-state index contributed by atoms with van der Waals surface area (Å²) in [6.07, 6.45) is 0. The van der Waals surface area contributed by atoms with Gasteiger partial charge >= 0.3 is 12.0 Å². The molecule has 0 aliphatic rings. The van der Waals surface area contributed by atoms with Gasteiger partial charge in [0, 0.05) is 28.6 Å². The van der Waals surface area contributed by atoms with Gasteiger partial charge in [-0.1, -0.05) is 17.7 Å². The molecule has 2 rings (SSSR count). The third-order valence-corrected chi connectivity index (χ3v) is 3.98. The number of carbonyl (C=O) groups is 2. The first kappa shape index (κ1) is 18.9. The van der Waals surface area contributed by atoms with Crippen LogP contribution >= 0.6 is 11.6 Å². The Bertz CT molecular complexity index is 771. The van der Waals surface area contributed by atoms with E-state index in [1.54, 1.807) is 6.92 Å². The number of amides is 2. The molecule has 1 heterocycles. The smallest absolute Gasteiger partial charge is 0.325 e. The Morgan fingerprint density at radius 2 is 1.96 bits per heavy atom. The number of rotatable bonds is 6. The number of aryl methyl sites for hydroxylation is 1. The lowest BCUT2D eigenvalue weighted by molar-refractivity contribution is -0.141. The normalized spacial score (nSPS) is 10.4. The van der Waals surface area contributed by atoms with Crippen molar-refractivity contribution in [2.24, 2.45) is 0 Å². The number of esters is 1. The molecule has 0 atom stereocenters. The molecule has 7 heteroatoms. The van der Waals surface area contributed by atoms with E-state index in [1.165, 1.54) is 0 Å². The summed E-state index contributed by atoms with van der Waals surface area (Å²) < 4.78 is 6.84. The van der Waals surface area contributed by atoms with E-state index in [4.69, 9.17) is 16.3 Å². The van der Waals surface area contributed by atoms with Crippen molar-refractivity contribution in [3.05, 3.63) is 52.3 Å². The maximum Gasteiger partial charge on any atom is 0.325 e. The summed E-state index contributed by atoms with van der Waals surface area (Å²) in [7, 11) is 0. The second kappa shape index (κ2) is 8.58. The van der Waals surface area contributed by atoms with Crippen LogP contribution in [-0.4, -0.2) is 29.7 Å². The average Bonchev–Trinajstić information content (AvgIpc) is 2.85. The van der Waals surface area contributed by atoms with E-state index < -0.39 is 12.0 Å². The molecule has 1 aromatic carbocycles. The van der Waals surface area contributed by atoms with E-state index in [0.717, 1.165) is 22.6 Å². The third kappa shape index (κ3) is 5.00. The number of nitrogens with zero attached hydrogens (tertiary/aromatic N) is 1. The number of aromatic nitrogens is 1. The van der Waals surface area contributed by atoms with Crippen LogP contribution in [0.25, 0.3) is 5.69 Å². The molecule has 2 amide bonds. The van der Waals surface area contributed by atoms with Crippen molar-refractivity contribution < 1.29 is 14.3 Å². The van der Waals surface area contributed by atoms with Crippen LogP contribution in [0.2, 0.25) is 5.02 Å². The van der Waals surface area contributed by atoms with Crippen LogP contribution in [0, 0.1) is 13.8 Å². The van der Waals surface area contributed by atoms with Gasteiger partial charge in [-0.2, -0.15) is 0 Å². The highest BCUT2D eigenvalue weighted by Crippen LogP contribution is 2.22. The zero-order valence-electron chi connectivity index (χ0n) is 14.6. The fourth-order valence-corrected chi connectivity index (χ4v) is 2.81. The van der Waals surface area contributed by atoms with Gasteiger partial charge < -0.3 is 19.9 Å². The number of halogens is 1. The number of hydrogen-bond donors (Lipinski definition) is 2. The van der Waals surface area contributed by atoms with Gasteiger partial charge in [0.25, 0.3) is 0 Å². The lowest BCUT2D eigenvalue weighted by atomic mass is 10.2. The second-order valence-electron chi connectivity index (χ2n) is 5.55. The predicted molar refractivity (Wildman–Crippen MR) is 97.1 cm³/mol. The first-order chi connectivity index (χ1) is 11.9. The van der Waals surface area contributed by atoms with Crippen molar-refractivity contribution in [1.29, 1.82) is 0 Å². The highest BCUT2D eigenvalue weighted by atomic mass is 35.5. The molecule has 0 saturated carbocycles. The Hall–Kier alpha value is -2.47. The van der Waals surface area contributed by atoms with E-state index in [1.807, 2.05) is 44.2 Å². The Labute approximate surface area is 152 Å². The summed E-state index contributed by atoms with van der Waals surface area (Å²) in [4.78, 5) is 23.0. The van der Waals surface area contributed by atoms with Gasteiger partial charge in [0.05, 0.1) is 6.61 Å². The van der Waals surface area contributed by atoms with Crippen LogP contribution in [0.5, 0.6) is 0 Å². The van der Waals surface area contributed by atoms with Crippen LogP contribution < -0.4 is 10.6 Å². The van der Waals surface area contributed by atoms with Crippen molar-refractivity contribution >= 4 is 23.6 Å². The summed E-state index contributed by atoms with van der Waals surface area (Å²) >= 11 is 6.08. The minimum Gasteiger partial charge on any atom is -0.465 e. The van der Waals surface area contributed by atoms with Crippen molar-refractivity contribution in [3.8, 4) is 5.69 Å². The fraction of sp³-hybridized carbons (Fsp3) is 0.333. The summed E-state index contributed by atoms with van der Waals surface area (Å²) in [5, 5.41) is 5.88. The molecular weight excluding hydrogens is 342 g/mol. The average molecular weight is 364 g/mol. The molecule has 2 aromatic rings. The zero-order valence-corrected chi connectivity index (χ0v) is 15.3. The minimum absolute atomic E-state index is 0.152. The fourth-order valence-electron chi connectivity index (χ4n) is 2.62. The van der Waals surface area contributed by atoms with Crippen LogP contribution in [0.4, 0.5) is 4.79 Å². The van der Waals surface area contributed by atoms with Crippen molar-refractivity contribution in [2.75, 3.05) is 13.2 Å². The minimum atomic E-state index is -0.461. The van der Waals surface area contributed by atoms with E-state index in [-0.39, 0.29) is 13.2 Å². The molecule has 0 radical (unpaired) electrons. The predicted octanol–water partition coefficient (Wildman–Crippen LogP) is 3.11. The van der Waals surface area contributed by atoms with E-state index in [2.05, 4.69) is 15.2 Å². The highest BCUT2D eigenvalue weighted by Gasteiger charge is 2.12. The molecule has 0 bridgehead atoms. The molecular formula is C18H22ClN3O3. The van der Waals surface area contributed by atoms with Gasteiger partial charge in [-0.3, -0.25) is 4.79 Å². The second-order valence-corrected chi connectivity index (χ2v) is 5.99. The van der Waals surface area contributed by atoms with Gasteiger partial charge in [0.1, 0.15) is 6.54 Å². The highest BCUT2D eigenvalue weighted by molar-refractivity contribution is 6.30. The molecule has 0 unspecified atom stereocenters. The zero-order chi connectivity index (χ0) is 18.4. The third-order valence-electron chi connectivity index (χ3n) is 3.74. The molecule has 0 saturated heterocycles. The van der Waals surface area contributed by atoms with Crippen molar-refractivity contribution in [3.63, 3.8) is 0 Å². The maximum absolute atomic E-state index is 11.8. The summed E-state index contributed by atoms with van der Waals surface area (Å²) in [6.45, 7) is 6.20. The topological polar surface area (TPSA) is 72.4 Å². The van der Waals surface area contributed by atoms with Crippen molar-refractivity contribution in [1.82, 2.24) is 15.2 Å². The summed E-state index contributed by atoms with van der Waals surface area (Å²) in [5.41, 5.74) is 4.03. The summed E-state index contributed by atoms with van der Waals surface area (Å²) in [6, 6.07) is 9.20. The lowest BCUT2D eigenvalue weighted by Gasteiger charge is -2.11. The Morgan fingerprint density at radius 3 is 2.64 bits per heavy atom. The van der Waals surface area contributed by atoms with E-state index in [9.17, 15) is 9.59 Å². The van der Waals surface area contributed by atoms with Gasteiger partial charge in [0.2, 0.25) is 0 Å². The number of urea groups is 1. The van der Waals surface area contributed by atoms with E-state index >= 15 is 0 Å². The van der Waals surface area contributed by atoms with Crippen molar-refractivity contribution in [2.45, 2.75) is 27.3 Å². The van der Waals surface area contributed by atoms with Gasteiger partial charge in [-0.25, -0.2) is 4.79 Å². The number of benzene rings is 1. The van der Waals surface area contributed by atoms with Gasteiger partial charge in [0.15, 0.2) is 0 Å². The Kier molecular flexibility index (Phi) is 6.47. The quantitative estimate of drug-likeness (QED) is 0.774. The monoisotopic (exact) mass is 363 g/mol. The van der Waals surface area contributed by atoms with Crippen LogP contribution in [0.1, 0.15) is 23.9 Å². The molecule has 0 aliphatic carbocycles. The summed E-state index contributed by atoms with van der Waals surface area (Å²) in [5.74, 6) is -0.461. The van der Waals surface area contributed by atoms with Crippen LogP contribution in [-0.2, 0) is 16.1 Å². The first-order valence-electron chi connectivity index (χ1n) is 8.03. The first-order valence-corrected chi connectivity index (χ1v) is 8.41. The molecule has 6 nitrogen and oxygen atoms in total. The molecule has 1 aromatic heterocycles. The molecule has 0 fully saturated rings. The van der Waals surface area contributed by atoms with Crippen LogP contribution in [0.3, 0.4) is 0 Å². The number of nitrogens with one attached hydrogen (secondary N) is 2. The number of hydrogen-bond acceptors (Lipinski definition) is 3. The van der Waals surface area contributed by atoms with Gasteiger partial charge in [-0.15, -0.1) is 0 Å². The van der Waals surface area contributed by atoms with Crippen LogP contribution in [0.15, 0.2) is 30.3 Å². The molecule has 0 spiro atoms. The maximum atomic E-state index is 11.8.